The molecule has 0 saturated heterocycles. The van der Waals surface area contributed by atoms with E-state index in [9.17, 15) is 4.79 Å². The van der Waals surface area contributed by atoms with E-state index >= 15 is 0 Å². The van der Waals surface area contributed by atoms with Crippen molar-refractivity contribution in [2.24, 2.45) is 4.99 Å². The standard InChI is InChI=1S/C13H17N3O2/c1-13(2)11(17)16(12(14-13)18-4)15(3)10-8-6-5-7-9-10/h5-9H,1-4H3. The number of anilines is 1. The van der Waals surface area contributed by atoms with Gasteiger partial charge in [-0.15, -0.1) is 0 Å². The monoisotopic (exact) mass is 247 g/mol. The van der Waals surface area contributed by atoms with E-state index in [1.165, 1.54) is 12.1 Å². The third-order valence-electron chi connectivity index (χ3n) is 2.88. The molecule has 5 nitrogen and oxygen atoms in total. The summed E-state index contributed by atoms with van der Waals surface area (Å²) in [6.45, 7) is 3.54. The molecule has 0 fully saturated rings. The predicted molar refractivity (Wildman–Crippen MR) is 70.2 cm³/mol. The van der Waals surface area contributed by atoms with Gasteiger partial charge in [-0.3, -0.25) is 9.80 Å². The zero-order valence-electron chi connectivity index (χ0n) is 11.0. The van der Waals surface area contributed by atoms with Crippen molar-refractivity contribution >= 4 is 17.6 Å². The van der Waals surface area contributed by atoms with E-state index in [0.29, 0.717) is 6.02 Å². The van der Waals surface area contributed by atoms with Crippen LogP contribution in [-0.2, 0) is 9.53 Å². The molecule has 0 unspecified atom stereocenters. The molecule has 1 aliphatic heterocycles. The average Bonchev–Trinajstić information content (AvgIpc) is 2.60. The number of methoxy groups -OCH3 is 1. The maximum atomic E-state index is 12.3. The molecule has 0 atom stereocenters. The number of hydrazine groups is 1. The van der Waals surface area contributed by atoms with Crippen LogP contribution in [0, 0.1) is 0 Å². The van der Waals surface area contributed by atoms with Crippen LogP contribution in [0.15, 0.2) is 35.3 Å². The van der Waals surface area contributed by atoms with Crippen molar-refractivity contribution in [1.29, 1.82) is 0 Å². The molecule has 5 heteroatoms. The number of nitrogens with zero attached hydrogens (tertiary/aromatic N) is 3. The van der Waals surface area contributed by atoms with Crippen molar-refractivity contribution in [3.8, 4) is 0 Å². The Morgan fingerprint density at radius 2 is 1.89 bits per heavy atom. The van der Waals surface area contributed by atoms with Crippen LogP contribution in [0.25, 0.3) is 0 Å². The van der Waals surface area contributed by atoms with Crippen molar-refractivity contribution in [3.05, 3.63) is 30.3 Å². The van der Waals surface area contributed by atoms with Gasteiger partial charge in [0.25, 0.3) is 5.91 Å². The molecule has 0 radical (unpaired) electrons. The van der Waals surface area contributed by atoms with E-state index in [0.717, 1.165) is 5.69 Å². The van der Waals surface area contributed by atoms with Gasteiger partial charge in [-0.2, -0.15) is 5.01 Å². The van der Waals surface area contributed by atoms with Crippen LogP contribution in [-0.4, -0.2) is 36.6 Å². The van der Waals surface area contributed by atoms with Crippen LogP contribution in [0.5, 0.6) is 0 Å². The minimum Gasteiger partial charge on any atom is -0.467 e. The quantitative estimate of drug-likeness (QED) is 0.798. The van der Waals surface area contributed by atoms with Gasteiger partial charge in [0, 0.05) is 7.05 Å². The fraction of sp³-hybridized carbons (Fsp3) is 0.385. The zero-order chi connectivity index (χ0) is 13.3. The van der Waals surface area contributed by atoms with Gasteiger partial charge in [-0.05, 0) is 26.0 Å². The minimum absolute atomic E-state index is 0.106. The lowest BCUT2D eigenvalue weighted by atomic mass is 10.1. The zero-order valence-corrected chi connectivity index (χ0v) is 11.0. The molecule has 1 amide bonds. The summed E-state index contributed by atoms with van der Waals surface area (Å²) in [6, 6.07) is 9.93. The summed E-state index contributed by atoms with van der Waals surface area (Å²) in [4.78, 5) is 16.6. The molecule has 1 heterocycles. The number of hydrogen-bond donors (Lipinski definition) is 0. The summed E-state index contributed by atoms with van der Waals surface area (Å²) >= 11 is 0. The van der Waals surface area contributed by atoms with E-state index in [-0.39, 0.29) is 5.91 Å². The van der Waals surface area contributed by atoms with Gasteiger partial charge in [-0.25, -0.2) is 4.99 Å². The number of ether oxygens (including phenoxy) is 1. The summed E-state index contributed by atoms with van der Waals surface area (Å²) in [6.07, 6.45) is 0. The topological polar surface area (TPSA) is 45.1 Å². The fourth-order valence-electron chi connectivity index (χ4n) is 1.84. The Bertz CT molecular complexity index is 482. The Labute approximate surface area is 107 Å². The summed E-state index contributed by atoms with van der Waals surface area (Å²) < 4.78 is 5.19. The van der Waals surface area contributed by atoms with Crippen LogP contribution in [0.4, 0.5) is 5.69 Å². The SMILES string of the molecule is COC1=NC(C)(C)C(=O)N1N(C)c1ccccc1. The number of hydrogen-bond acceptors (Lipinski definition) is 4. The summed E-state index contributed by atoms with van der Waals surface area (Å²) in [7, 11) is 3.32. The van der Waals surface area contributed by atoms with Gasteiger partial charge in [-0.1, -0.05) is 18.2 Å². The van der Waals surface area contributed by atoms with E-state index in [2.05, 4.69) is 4.99 Å². The van der Waals surface area contributed by atoms with Crippen LogP contribution < -0.4 is 5.01 Å². The lowest BCUT2D eigenvalue weighted by molar-refractivity contribution is -0.130. The number of rotatable bonds is 2. The molecule has 0 N–H and O–H groups in total. The Morgan fingerprint density at radius 1 is 1.28 bits per heavy atom. The Morgan fingerprint density at radius 3 is 2.44 bits per heavy atom. The predicted octanol–water partition coefficient (Wildman–Crippen LogP) is 1.66. The molecule has 1 aliphatic rings. The van der Waals surface area contributed by atoms with Crippen molar-refractivity contribution < 1.29 is 9.53 Å². The van der Waals surface area contributed by atoms with Gasteiger partial charge >= 0.3 is 6.02 Å². The molecule has 0 spiro atoms. The largest absolute Gasteiger partial charge is 0.467 e. The highest BCUT2D eigenvalue weighted by molar-refractivity contribution is 6.05. The fourth-order valence-corrected chi connectivity index (χ4v) is 1.84. The van der Waals surface area contributed by atoms with E-state index < -0.39 is 5.54 Å². The highest BCUT2D eigenvalue weighted by Gasteiger charge is 2.44. The van der Waals surface area contributed by atoms with Crippen molar-refractivity contribution in [3.63, 3.8) is 0 Å². The third-order valence-corrected chi connectivity index (χ3v) is 2.88. The van der Waals surface area contributed by atoms with Crippen molar-refractivity contribution in [2.75, 3.05) is 19.2 Å². The number of para-hydroxylation sites is 1. The van der Waals surface area contributed by atoms with Crippen molar-refractivity contribution in [1.82, 2.24) is 5.01 Å². The molecular weight excluding hydrogens is 230 g/mol. The lowest BCUT2D eigenvalue weighted by Crippen LogP contribution is -2.49. The van der Waals surface area contributed by atoms with Gasteiger partial charge in [0.1, 0.15) is 5.54 Å². The normalized spacial score (nSPS) is 17.7. The molecule has 0 aromatic heterocycles. The van der Waals surface area contributed by atoms with Gasteiger partial charge in [0.2, 0.25) is 0 Å². The molecule has 0 saturated carbocycles. The molecule has 18 heavy (non-hydrogen) atoms. The second-order valence-corrected chi connectivity index (χ2v) is 4.63. The average molecular weight is 247 g/mol. The molecule has 96 valence electrons. The van der Waals surface area contributed by atoms with Crippen LogP contribution in [0.3, 0.4) is 0 Å². The van der Waals surface area contributed by atoms with Crippen LogP contribution in [0.1, 0.15) is 13.8 Å². The van der Waals surface area contributed by atoms with Gasteiger partial charge in [0.05, 0.1) is 12.8 Å². The van der Waals surface area contributed by atoms with Crippen molar-refractivity contribution in [2.45, 2.75) is 19.4 Å². The second kappa shape index (κ2) is 4.33. The Balaban J connectivity index is 2.34. The highest BCUT2D eigenvalue weighted by Crippen LogP contribution is 2.26. The van der Waals surface area contributed by atoms with Gasteiger partial charge in [0.15, 0.2) is 0 Å². The van der Waals surface area contributed by atoms with E-state index in [4.69, 9.17) is 4.74 Å². The van der Waals surface area contributed by atoms with Crippen LogP contribution >= 0.6 is 0 Å². The molecule has 1 aromatic rings. The summed E-state index contributed by atoms with van der Waals surface area (Å²) in [5.41, 5.74) is 0.113. The number of aliphatic imine (C=N–C) groups is 1. The third kappa shape index (κ3) is 1.92. The van der Waals surface area contributed by atoms with Gasteiger partial charge < -0.3 is 4.74 Å². The highest BCUT2D eigenvalue weighted by atomic mass is 16.5. The lowest BCUT2D eigenvalue weighted by Gasteiger charge is -2.30. The van der Waals surface area contributed by atoms with Crippen LogP contribution in [0.2, 0.25) is 0 Å². The summed E-state index contributed by atoms with van der Waals surface area (Å²) in [5, 5.41) is 3.19. The maximum absolute atomic E-state index is 12.3. The Kier molecular flexibility index (Phi) is 2.98. The maximum Gasteiger partial charge on any atom is 0.315 e. The molecule has 0 bridgehead atoms. The first-order valence-corrected chi connectivity index (χ1v) is 5.74. The molecule has 1 aromatic carbocycles. The molecule has 2 rings (SSSR count). The Hall–Kier alpha value is -2.04. The smallest absolute Gasteiger partial charge is 0.315 e. The van der Waals surface area contributed by atoms with E-state index in [1.807, 2.05) is 37.4 Å². The second-order valence-electron chi connectivity index (χ2n) is 4.63. The number of amides is 1. The minimum atomic E-state index is -0.783. The first kappa shape index (κ1) is 12.4. The number of amidine groups is 1. The molecule has 0 aliphatic carbocycles. The van der Waals surface area contributed by atoms with E-state index in [1.54, 1.807) is 18.9 Å². The molecular formula is C13H17N3O2. The first-order valence-electron chi connectivity index (χ1n) is 5.74. The number of carbonyl (C=O) groups excluding carboxylic acids is 1. The summed E-state index contributed by atoms with van der Waals surface area (Å²) in [5.74, 6) is -0.106. The number of carbonyl (C=O) groups is 1. The first-order chi connectivity index (χ1) is 8.47. The number of benzene rings is 1.